The second-order valence-electron chi connectivity index (χ2n) is 18.8. The Morgan fingerprint density at radius 1 is 0.943 bits per heavy atom. The Labute approximate surface area is 420 Å². The smallest absolute Gasteiger partial charge is 0.270 e. The second kappa shape index (κ2) is 20.9. The Hall–Kier alpha value is -6.34. The number of amides is 4. The van der Waals surface area contributed by atoms with Crippen LogP contribution in [0, 0.1) is 33.1 Å². The molecule has 2 aromatic carbocycles. The molecule has 4 aromatic heterocycles. The average molecular weight is 1010 g/mol. The van der Waals surface area contributed by atoms with Gasteiger partial charge in [-0.2, -0.15) is 0 Å². The summed E-state index contributed by atoms with van der Waals surface area (Å²) in [5, 5.41) is 30.0. The molecule has 0 spiro atoms. The van der Waals surface area contributed by atoms with Crippen molar-refractivity contribution < 1.29 is 29.0 Å². The Morgan fingerprint density at radius 2 is 1.67 bits per heavy atom. The van der Waals surface area contributed by atoms with Crippen molar-refractivity contribution >= 4 is 63.6 Å². The number of nitrogens with zero attached hydrogens (tertiary/aromatic N) is 7. The van der Waals surface area contributed by atoms with E-state index in [1.165, 1.54) is 17.2 Å². The maximum Gasteiger partial charge on any atom is 0.270 e. The van der Waals surface area contributed by atoms with Gasteiger partial charge in [-0.05, 0) is 87.4 Å². The van der Waals surface area contributed by atoms with Gasteiger partial charge in [0.05, 0.1) is 53.2 Å². The van der Waals surface area contributed by atoms with E-state index >= 15 is 0 Å². The number of aliphatic imine (C=N–C) groups is 1. The van der Waals surface area contributed by atoms with Gasteiger partial charge in [0.1, 0.15) is 40.4 Å². The SMILES string of the molecule is Cc1ncsc1-c1ccc([C@H](C)NC(=O)[C@@H]2C[C@@H](O)CN2C(=O)C(NC(=O)c2ccc(OCCCNC(=O)C[C@@H]3N=C(c4ccc(Cl)cc4)c4c(sc(C)c4C)-n4c(C)nnc43)cn2)C(C)(C)C)cc1. The molecule has 0 aliphatic carbocycles. The third-order valence-corrected chi connectivity index (χ3v) is 15.1. The minimum atomic E-state index is -1.04. The number of β-amino-alcohol motifs (C(OH)–C–C–N with tert-alkyl or cyclic N) is 1. The van der Waals surface area contributed by atoms with Crippen molar-refractivity contribution in [2.45, 2.75) is 105 Å². The predicted octanol–water partition coefficient (Wildman–Crippen LogP) is 7.59. The largest absolute Gasteiger partial charge is 0.492 e. The highest BCUT2D eigenvalue weighted by atomic mass is 35.5. The molecule has 8 rings (SSSR count). The molecule has 19 heteroatoms. The number of halogens is 1. The number of hydrogen-bond acceptors (Lipinski definition) is 13. The van der Waals surface area contributed by atoms with Crippen LogP contribution in [0.4, 0.5) is 0 Å². The zero-order valence-electron chi connectivity index (χ0n) is 40.4. The molecule has 4 amide bonds. The van der Waals surface area contributed by atoms with Gasteiger partial charge in [-0.25, -0.2) is 9.97 Å². The number of benzene rings is 2. The van der Waals surface area contributed by atoms with Crippen molar-refractivity contribution in [1.82, 2.24) is 45.6 Å². The molecule has 70 heavy (non-hydrogen) atoms. The molecule has 4 N–H and O–H groups in total. The molecule has 6 aromatic rings. The van der Waals surface area contributed by atoms with Gasteiger partial charge >= 0.3 is 0 Å². The van der Waals surface area contributed by atoms with Crippen molar-refractivity contribution in [2.24, 2.45) is 10.4 Å². The number of hydrogen-bond donors (Lipinski definition) is 4. The Balaban J connectivity index is 0.836. The van der Waals surface area contributed by atoms with Gasteiger partial charge in [0.2, 0.25) is 17.7 Å². The van der Waals surface area contributed by atoms with Crippen molar-refractivity contribution in [3.8, 4) is 21.2 Å². The van der Waals surface area contributed by atoms with Gasteiger partial charge in [-0.1, -0.05) is 68.8 Å². The number of aliphatic hydroxyl groups is 1. The second-order valence-corrected chi connectivity index (χ2v) is 21.3. The van der Waals surface area contributed by atoms with Gasteiger partial charge in [0, 0.05) is 40.5 Å². The summed E-state index contributed by atoms with van der Waals surface area (Å²) >= 11 is 9.46. The maximum atomic E-state index is 14.2. The van der Waals surface area contributed by atoms with Crippen molar-refractivity contribution in [3.63, 3.8) is 0 Å². The number of aliphatic hydroxyl groups excluding tert-OH is 1. The van der Waals surface area contributed by atoms with Gasteiger partial charge in [-0.3, -0.25) is 28.7 Å². The maximum absolute atomic E-state index is 14.2. The lowest BCUT2D eigenvalue weighted by molar-refractivity contribution is -0.142. The van der Waals surface area contributed by atoms with Crippen molar-refractivity contribution in [2.75, 3.05) is 19.7 Å². The van der Waals surface area contributed by atoms with Crippen LogP contribution in [-0.4, -0.2) is 102 Å². The fourth-order valence-corrected chi connectivity index (χ4v) is 10.8. The molecule has 6 heterocycles. The summed E-state index contributed by atoms with van der Waals surface area (Å²) in [6, 6.07) is 15.6. The van der Waals surface area contributed by atoms with E-state index in [1.54, 1.807) is 28.7 Å². The monoisotopic (exact) mass is 1000 g/mol. The minimum Gasteiger partial charge on any atom is -0.492 e. The molecular formula is C51H57ClN10O6S2. The summed E-state index contributed by atoms with van der Waals surface area (Å²) < 4.78 is 7.91. The minimum absolute atomic E-state index is 0.0502. The number of thiophene rings is 1. The highest BCUT2D eigenvalue weighted by Crippen LogP contribution is 2.40. The number of carbonyl (C=O) groups excluding carboxylic acids is 4. The fraction of sp³-hybridized carbons (Fsp3) is 0.392. The first-order valence-electron chi connectivity index (χ1n) is 23.2. The normalized spacial score (nSPS) is 17.4. The van der Waals surface area contributed by atoms with E-state index in [-0.39, 0.29) is 43.6 Å². The molecule has 0 radical (unpaired) electrons. The third-order valence-electron chi connectivity index (χ3n) is 12.6. The van der Waals surface area contributed by atoms with E-state index in [9.17, 15) is 24.3 Å². The zero-order chi connectivity index (χ0) is 50.0. The first kappa shape index (κ1) is 50.1. The highest BCUT2D eigenvalue weighted by Gasteiger charge is 2.45. The van der Waals surface area contributed by atoms with Crippen LogP contribution in [0.5, 0.6) is 5.75 Å². The topological polar surface area (TPSA) is 206 Å². The van der Waals surface area contributed by atoms with Crippen LogP contribution < -0.4 is 20.7 Å². The van der Waals surface area contributed by atoms with Gasteiger partial charge in [0.25, 0.3) is 5.91 Å². The molecule has 1 saturated heterocycles. The van der Waals surface area contributed by atoms with Crippen LogP contribution >= 0.6 is 34.3 Å². The van der Waals surface area contributed by atoms with Crippen LogP contribution in [0.15, 0.2) is 77.4 Å². The number of pyridine rings is 1. The van der Waals surface area contributed by atoms with Gasteiger partial charge < -0.3 is 30.7 Å². The van der Waals surface area contributed by atoms with Crippen LogP contribution in [0.25, 0.3) is 15.4 Å². The molecule has 2 aliphatic rings. The summed E-state index contributed by atoms with van der Waals surface area (Å²) in [6.07, 6.45) is 1.13. The number of thiazole rings is 1. The lowest BCUT2D eigenvalue weighted by Crippen LogP contribution is -2.58. The van der Waals surface area contributed by atoms with Crippen LogP contribution in [-0.2, 0) is 14.4 Å². The number of fused-ring (bicyclic) bond motifs is 3. The van der Waals surface area contributed by atoms with Crippen LogP contribution in [0.2, 0.25) is 5.02 Å². The summed E-state index contributed by atoms with van der Waals surface area (Å²) in [6.45, 7) is 15.9. The molecule has 366 valence electrons. The van der Waals surface area contributed by atoms with Gasteiger partial charge in [0.15, 0.2) is 5.82 Å². The number of carbonyl (C=O) groups is 4. The number of likely N-dealkylation sites (tertiary alicyclic amines) is 1. The standard InChI is InChI=1S/C51H57ClN10O6S2/c1-27-30(4)70-50-42(27)43(33-14-16-35(52)17-15-33)57-39(46-60-59-31(5)62(46)50)23-41(64)53-20-9-21-68-37-18-19-38(54-24-37)47(65)58-45(51(6,7)8)49(67)61-25-36(63)22-40(61)48(66)56-28(2)32-10-12-34(13-11-32)44-29(3)55-26-69-44/h10-19,24,26,28,36,39-40,45,63H,9,20-23,25H2,1-8H3,(H,53,64)(H,56,66)(H,58,65)/t28-,36+,39-,40-,45?/m0/s1. The quantitative estimate of drug-likeness (QED) is 0.0742. The van der Waals surface area contributed by atoms with Crippen molar-refractivity contribution in [3.05, 3.63) is 128 Å². The van der Waals surface area contributed by atoms with E-state index in [0.717, 1.165) is 54.0 Å². The first-order chi connectivity index (χ1) is 33.4. The zero-order valence-corrected chi connectivity index (χ0v) is 42.8. The molecule has 1 fully saturated rings. The fourth-order valence-electron chi connectivity index (χ4n) is 8.69. The lowest BCUT2D eigenvalue weighted by atomic mass is 9.85. The number of aryl methyl sites for hydroxylation is 3. The third kappa shape index (κ3) is 10.8. The molecule has 1 unspecified atom stereocenters. The van der Waals surface area contributed by atoms with E-state index in [2.05, 4.69) is 50.0 Å². The highest BCUT2D eigenvalue weighted by molar-refractivity contribution is 7.15. The Morgan fingerprint density at radius 3 is 2.34 bits per heavy atom. The molecule has 0 bridgehead atoms. The molecular weight excluding hydrogens is 948 g/mol. The van der Waals surface area contributed by atoms with Crippen LogP contribution in [0.3, 0.4) is 0 Å². The molecule has 16 nitrogen and oxygen atoms in total. The summed E-state index contributed by atoms with van der Waals surface area (Å²) in [5.41, 5.74) is 7.75. The molecule has 0 saturated carbocycles. The Bertz CT molecular complexity index is 2920. The van der Waals surface area contributed by atoms with Gasteiger partial charge in [-0.15, -0.1) is 32.9 Å². The lowest BCUT2D eigenvalue weighted by Gasteiger charge is -2.35. The first-order valence-corrected chi connectivity index (χ1v) is 25.3. The summed E-state index contributed by atoms with van der Waals surface area (Å²) in [4.78, 5) is 72.5. The van der Waals surface area contributed by atoms with Crippen LogP contribution in [0.1, 0.15) is 114 Å². The molecule has 5 atom stereocenters. The number of aromatic nitrogens is 5. The average Bonchev–Trinajstić information content (AvgIpc) is 4.10. The summed E-state index contributed by atoms with van der Waals surface area (Å²) in [5.74, 6) is 0.0701. The summed E-state index contributed by atoms with van der Waals surface area (Å²) in [7, 11) is 0. The van der Waals surface area contributed by atoms with Crippen molar-refractivity contribution in [1.29, 1.82) is 0 Å². The van der Waals surface area contributed by atoms with E-state index in [1.807, 2.05) is 100 Å². The predicted molar refractivity (Wildman–Crippen MR) is 271 cm³/mol. The van der Waals surface area contributed by atoms with E-state index < -0.39 is 47.4 Å². The van der Waals surface area contributed by atoms with E-state index in [4.69, 9.17) is 21.3 Å². The number of ether oxygens (including phenoxy) is 1. The Kier molecular flexibility index (Phi) is 15.0. The molecule has 2 aliphatic heterocycles. The van der Waals surface area contributed by atoms with E-state index in [0.29, 0.717) is 35.4 Å². The number of rotatable bonds is 15. The number of nitrogens with one attached hydrogen (secondary N) is 3.